The van der Waals surface area contributed by atoms with Gasteiger partial charge in [-0.25, -0.2) is 19.7 Å². The molecule has 0 unspecified atom stereocenters. The molecule has 0 fully saturated rings. The molecule has 1 N–H and O–H groups in total. The lowest BCUT2D eigenvalue weighted by molar-refractivity contribution is -0.137. The summed E-state index contributed by atoms with van der Waals surface area (Å²) in [4.78, 5) is 37.5. The second-order valence-corrected chi connectivity index (χ2v) is 7.75. The minimum absolute atomic E-state index is 0.0207. The summed E-state index contributed by atoms with van der Waals surface area (Å²) in [7, 11) is 1.16. The third-order valence-electron chi connectivity index (χ3n) is 4.69. The molecule has 0 bridgehead atoms. The van der Waals surface area contributed by atoms with Gasteiger partial charge in [0.1, 0.15) is 5.69 Å². The van der Waals surface area contributed by atoms with Crippen LogP contribution in [0.5, 0.6) is 0 Å². The van der Waals surface area contributed by atoms with E-state index in [1.807, 2.05) is 0 Å². The zero-order chi connectivity index (χ0) is 24.3. The van der Waals surface area contributed by atoms with Crippen molar-refractivity contribution >= 4 is 28.9 Å². The third-order valence-corrected chi connectivity index (χ3v) is 5.53. The van der Waals surface area contributed by atoms with E-state index in [1.165, 1.54) is 47.0 Å². The Morgan fingerprint density at radius 3 is 2.44 bits per heavy atom. The molecule has 2 heterocycles. The smallest absolute Gasteiger partial charge is 0.416 e. The Balaban J connectivity index is 1.63. The van der Waals surface area contributed by atoms with Gasteiger partial charge >= 0.3 is 12.1 Å². The second-order valence-electron chi connectivity index (χ2n) is 6.89. The Morgan fingerprint density at radius 2 is 1.74 bits per heavy atom. The summed E-state index contributed by atoms with van der Waals surface area (Å²) < 4.78 is 44.1. The van der Waals surface area contributed by atoms with E-state index in [9.17, 15) is 22.8 Å². The summed E-state index contributed by atoms with van der Waals surface area (Å²) in [5, 5.41) is 4.57. The quantitative estimate of drug-likeness (QED) is 0.385. The minimum Gasteiger partial charge on any atom is -0.465 e. The maximum Gasteiger partial charge on any atom is 0.416 e. The lowest BCUT2D eigenvalue weighted by atomic mass is 9.99. The highest BCUT2D eigenvalue weighted by Gasteiger charge is 2.30. The van der Waals surface area contributed by atoms with Crippen molar-refractivity contribution in [3.05, 3.63) is 83.1 Å². The highest BCUT2D eigenvalue weighted by atomic mass is 32.1. The molecule has 7 nitrogen and oxygen atoms in total. The molecule has 34 heavy (non-hydrogen) atoms. The molecule has 0 aliphatic heterocycles. The zero-order valence-electron chi connectivity index (χ0n) is 17.5. The molecule has 4 aromatic rings. The number of aromatic nitrogens is 3. The van der Waals surface area contributed by atoms with E-state index in [0.717, 1.165) is 19.2 Å². The summed E-state index contributed by atoms with van der Waals surface area (Å²) in [6.07, 6.45) is -1.40. The molecule has 0 aliphatic rings. The second kappa shape index (κ2) is 9.40. The number of ether oxygens (including phenoxy) is 1. The highest BCUT2D eigenvalue weighted by Crippen LogP contribution is 2.33. The van der Waals surface area contributed by atoms with E-state index < -0.39 is 23.6 Å². The van der Waals surface area contributed by atoms with Gasteiger partial charge in [-0.2, -0.15) is 13.2 Å². The standard InChI is InChI=1S/C23H15F3N4O3S/c1-33-22(32)16-11-14(13-4-2-5-15(10-13)23(24,25)26)6-7-17(16)29-20(31)18-12-34-21(30-18)19-27-8-3-9-28-19/h2-12H,1H3,(H,29,31). The van der Waals surface area contributed by atoms with Crippen molar-refractivity contribution in [3.8, 4) is 22.0 Å². The van der Waals surface area contributed by atoms with Crippen LogP contribution in [0.25, 0.3) is 22.0 Å². The number of amides is 1. The fraction of sp³-hybridized carbons (Fsp3) is 0.0870. The van der Waals surface area contributed by atoms with E-state index in [4.69, 9.17) is 4.74 Å². The SMILES string of the molecule is COC(=O)c1cc(-c2cccc(C(F)(F)F)c2)ccc1NC(=O)c1csc(-c2ncccn2)n1. The van der Waals surface area contributed by atoms with Crippen LogP contribution < -0.4 is 5.32 Å². The largest absolute Gasteiger partial charge is 0.465 e. The number of hydrogen-bond acceptors (Lipinski definition) is 7. The molecule has 11 heteroatoms. The fourth-order valence-electron chi connectivity index (χ4n) is 3.06. The number of alkyl halides is 3. The van der Waals surface area contributed by atoms with Crippen molar-refractivity contribution in [2.24, 2.45) is 0 Å². The number of anilines is 1. The number of carbonyl (C=O) groups excluding carboxylic acids is 2. The number of rotatable bonds is 5. The molecular formula is C23H15F3N4O3S. The summed E-state index contributed by atoms with van der Waals surface area (Å²) in [5.41, 5.74) is -0.0221. The van der Waals surface area contributed by atoms with Crippen LogP contribution in [-0.2, 0) is 10.9 Å². The van der Waals surface area contributed by atoms with Crippen molar-refractivity contribution in [2.75, 3.05) is 12.4 Å². The summed E-state index contributed by atoms with van der Waals surface area (Å²) in [5.74, 6) is -0.983. The van der Waals surface area contributed by atoms with Crippen LogP contribution in [0, 0.1) is 0 Å². The van der Waals surface area contributed by atoms with Crippen molar-refractivity contribution in [2.45, 2.75) is 6.18 Å². The highest BCUT2D eigenvalue weighted by molar-refractivity contribution is 7.13. The number of thiazole rings is 1. The first-order valence-corrected chi connectivity index (χ1v) is 10.6. The number of nitrogens with one attached hydrogen (secondary N) is 1. The molecule has 2 aromatic heterocycles. The summed E-state index contributed by atoms with van der Waals surface area (Å²) >= 11 is 1.18. The summed E-state index contributed by atoms with van der Waals surface area (Å²) in [6.45, 7) is 0. The molecule has 172 valence electrons. The molecule has 4 rings (SSSR count). The topological polar surface area (TPSA) is 94.1 Å². The Morgan fingerprint density at radius 1 is 1.00 bits per heavy atom. The van der Waals surface area contributed by atoms with Crippen LogP contribution in [0.15, 0.2) is 66.3 Å². The van der Waals surface area contributed by atoms with Crippen molar-refractivity contribution in [3.63, 3.8) is 0 Å². The molecule has 0 saturated carbocycles. The average molecular weight is 484 g/mol. The Kier molecular flexibility index (Phi) is 6.37. The lowest BCUT2D eigenvalue weighted by Crippen LogP contribution is -2.16. The van der Waals surface area contributed by atoms with E-state index in [-0.39, 0.29) is 22.5 Å². The molecule has 0 radical (unpaired) electrons. The van der Waals surface area contributed by atoms with Gasteiger partial charge in [0.15, 0.2) is 10.8 Å². The molecule has 0 saturated heterocycles. The Labute approximate surface area is 195 Å². The van der Waals surface area contributed by atoms with Crippen LogP contribution in [0.3, 0.4) is 0 Å². The average Bonchev–Trinajstić information content (AvgIpc) is 3.34. The zero-order valence-corrected chi connectivity index (χ0v) is 18.3. The molecular weight excluding hydrogens is 469 g/mol. The molecule has 0 aliphatic carbocycles. The fourth-order valence-corrected chi connectivity index (χ4v) is 3.81. The number of methoxy groups -OCH3 is 1. The third kappa shape index (κ3) is 4.94. The van der Waals surface area contributed by atoms with E-state index >= 15 is 0 Å². The maximum atomic E-state index is 13.1. The van der Waals surface area contributed by atoms with E-state index in [1.54, 1.807) is 18.5 Å². The Hall–Kier alpha value is -4.12. The van der Waals surface area contributed by atoms with E-state index in [2.05, 4.69) is 20.3 Å². The minimum atomic E-state index is -4.51. The first-order chi connectivity index (χ1) is 16.3. The lowest BCUT2D eigenvalue weighted by Gasteiger charge is -2.13. The van der Waals surface area contributed by atoms with Gasteiger partial charge in [-0.1, -0.05) is 18.2 Å². The van der Waals surface area contributed by atoms with Crippen LogP contribution in [-0.4, -0.2) is 33.9 Å². The van der Waals surface area contributed by atoms with E-state index in [0.29, 0.717) is 16.4 Å². The first-order valence-electron chi connectivity index (χ1n) is 9.70. The number of halogens is 3. The first kappa shape index (κ1) is 23.1. The number of nitrogens with zero attached hydrogens (tertiary/aromatic N) is 3. The molecule has 0 spiro atoms. The summed E-state index contributed by atoms with van der Waals surface area (Å²) in [6, 6.07) is 10.7. The van der Waals surface area contributed by atoms with Crippen molar-refractivity contribution < 1.29 is 27.5 Å². The normalized spacial score (nSPS) is 11.2. The van der Waals surface area contributed by atoms with Crippen molar-refractivity contribution in [1.82, 2.24) is 15.0 Å². The molecule has 2 aromatic carbocycles. The number of benzene rings is 2. The predicted molar refractivity (Wildman–Crippen MR) is 119 cm³/mol. The van der Waals surface area contributed by atoms with Gasteiger partial charge in [-0.15, -0.1) is 11.3 Å². The number of esters is 1. The number of hydrogen-bond donors (Lipinski definition) is 1. The monoisotopic (exact) mass is 484 g/mol. The molecule has 0 atom stereocenters. The predicted octanol–water partition coefficient (Wildman–Crippen LogP) is 5.32. The van der Waals surface area contributed by atoms with Gasteiger partial charge in [0.05, 0.1) is 23.9 Å². The van der Waals surface area contributed by atoms with Gasteiger partial charge in [0.2, 0.25) is 0 Å². The molecule has 1 amide bonds. The van der Waals surface area contributed by atoms with Gasteiger partial charge in [-0.3, -0.25) is 4.79 Å². The van der Waals surface area contributed by atoms with Gasteiger partial charge < -0.3 is 10.1 Å². The van der Waals surface area contributed by atoms with Gasteiger partial charge in [0, 0.05) is 17.8 Å². The van der Waals surface area contributed by atoms with Gasteiger partial charge in [0.25, 0.3) is 5.91 Å². The number of carbonyl (C=O) groups is 2. The van der Waals surface area contributed by atoms with Crippen LogP contribution in [0.1, 0.15) is 26.4 Å². The van der Waals surface area contributed by atoms with Crippen LogP contribution >= 0.6 is 11.3 Å². The van der Waals surface area contributed by atoms with Crippen LogP contribution in [0.4, 0.5) is 18.9 Å². The van der Waals surface area contributed by atoms with Crippen LogP contribution in [0.2, 0.25) is 0 Å². The van der Waals surface area contributed by atoms with Gasteiger partial charge in [-0.05, 0) is 41.5 Å². The van der Waals surface area contributed by atoms with Crippen molar-refractivity contribution in [1.29, 1.82) is 0 Å². The maximum absolute atomic E-state index is 13.1. The Bertz CT molecular complexity index is 1360.